The third-order valence-corrected chi connectivity index (χ3v) is 4.94. The zero-order chi connectivity index (χ0) is 16.6. The molecule has 4 nitrogen and oxygen atoms in total. The van der Waals surface area contributed by atoms with Crippen LogP contribution in [-0.2, 0) is 11.2 Å². The van der Waals surface area contributed by atoms with E-state index in [1.54, 1.807) is 0 Å². The molecule has 0 atom stereocenters. The van der Waals surface area contributed by atoms with Gasteiger partial charge in [0.05, 0.1) is 17.5 Å². The number of hydrogen-bond donors (Lipinski definition) is 0. The fourth-order valence-corrected chi connectivity index (χ4v) is 3.57. The molecule has 1 aliphatic rings. The van der Waals surface area contributed by atoms with Gasteiger partial charge in [-0.15, -0.1) is 0 Å². The smallest absolute Gasteiger partial charge is 0.226 e. The van der Waals surface area contributed by atoms with Crippen molar-refractivity contribution in [2.24, 2.45) is 5.92 Å². The Morgan fingerprint density at radius 3 is 2.65 bits per heavy atom. The lowest BCUT2D eigenvalue weighted by molar-refractivity contribution is -0.131. The maximum Gasteiger partial charge on any atom is 0.226 e. The van der Waals surface area contributed by atoms with Crippen LogP contribution in [0.15, 0.2) is 18.2 Å². The zero-order valence-corrected chi connectivity index (χ0v) is 14.7. The van der Waals surface area contributed by atoms with Gasteiger partial charge in [0, 0.05) is 19.1 Å². The van der Waals surface area contributed by atoms with Crippen LogP contribution in [0.25, 0.3) is 11.0 Å². The molecule has 0 radical (unpaired) electrons. The van der Waals surface area contributed by atoms with Gasteiger partial charge in [-0.25, -0.2) is 4.98 Å². The Morgan fingerprint density at radius 1 is 1.30 bits per heavy atom. The van der Waals surface area contributed by atoms with E-state index >= 15 is 0 Å². The second kappa shape index (κ2) is 6.34. The first kappa shape index (κ1) is 16.0. The molecule has 0 unspecified atom stereocenters. The fraction of sp³-hybridized carbons (Fsp3) is 0.579. The minimum atomic E-state index is 0.247. The zero-order valence-electron chi connectivity index (χ0n) is 14.7. The maximum atomic E-state index is 12.5. The minimum absolute atomic E-state index is 0.247. The molecule has 23 heavy (non-hydrogen) atoms. The Bertz CT molecular complexity index is 709. The molecule has 1 aromatic carbocycles. The van der Waals surface area contributed by atoms with E-state index in [2.05, 4.69) is 48.5 Å². The van der Waals surface area contributed by atoms with Gasteiger partial charge < -0.3 is 9.47 Å². The number of benzene rings is 1. The van der Waals surface area contributed by atoms with E-state index in [-0.39, 0.29) is 5.91 Å². The first-order valence-electron chi connectivity index (χ1n) is 8.71. The van der Waals surface area contributed by atoms with Gasteiger partial charge in [0.25, 0.3) is 0 Å². The predicted octanol–water partition coefficient (Wildman–Crippen LogP) is 3.73. The van der Waals surface area contributed by atoms with Gasteiger partial charge in [0.2, 0.25) is 5.91 Å². The van der Waals surface area contributed by atoms with Crippen molar-refractivity contribution in [1.29, 1.82) is 0 Å². The highest BCUT2D eigenvalue weighted by Gasteiger charge is 2.20. The van der Waals surface area contributed by atoms with Crippen LogP contribution in [0.2, 0.25) is 0 Å². The third-order valence-electron chi connectivity index (χ3n) is 4.94. The number of piperidine rings is 1. The van der Waals surface area contributed by atoms with Crippen molar-refractivity contribution >= 4 is 16.9 Å². The Morgan fingerprint density at radius 2 is 2.00 bits per heavy atom. The number of rotatable bonds is 3. The van der Waals surface area contributed by atoms with Crippen molar-refractivity contribution in [1.82, 2.24) is 14.5 Å². The van der Waals surface area contributed by atoms with E-state index in [1.165, 1.54) is 0 Å². The van der Waals surface area contributed by atoms with E-state index in [4.69, 9.17) is 0 Å². The van der Waals surface area contributed by atoms with E-state index in [1.807, 2.05) is 11.8 Å². The number of likely N-dealkylation sites (tertiary alicyclic amines) is 1. The third kappa shape index (κ3) is 3.26. The molecule has 1 aromatic heterocycles. The van der Waals surface area contributed by atoms with Crippen LogP contribution in [-0.4, -0.2) is 33.4 Å². The maximum absolute atomic E-state index is 12.5. The number of imidazole rings is 1. The highest BCUT2D eigenvalue weighted by molar-refractivity contribution is 5.82. The van der Waals surface area contributed by atoms with E-state index in [9.17, 15) is 4.79 Å². The Balaban J connectivity index is 1.77. The standard InChI is InChI=1S/C19H27N3O/c1-13(2)22-15(4)20-17-11-16(5-6-18(17)22)12-19(23)21-9-7-14(3)8-10-21/h5-6,11,13-14H,7-10,12H2,1-4H3. The van der Waals surface area contributed by atoms with Gasteiger partial charge in [0.15, 0.2) is 0 Å². The van der Waals surface area contributed by atoms with Crippen molar-refractivity contribution in [2.75, 3.05) is 13.1 Å². The second-order valence-corrected chi connectivity index (χ2v) is 7.19. The SMILES string of the molecule is Cc1nc2cc(CC(=O)N3CCC(C)CC3)ccc2n1C(C)C. The molecule has 0 N–H and O–H groups in total. The van der Waals surface area contributed by atoms with Gasteiger partial charge in [-0.05, 0) is 57.2 Å². The molecule has 0 bridgehead atoms. The van der Waals surface area contributed by atoms with E-state index < -0.39 is 0 Å². The Hall–Kier alpha value is -1.84. The van der Waals surface area contributed by atoms with Crippen LogP contribution in [0.1, 0.15) is 51.0 Å². The molecule has 1 saturated heterocycles. The summed E-state index contributed by atoms with van der Waals surface area (Å²) < 4.78 is 2.24. The quantitative estimate of drug-likeness (QED) is 0.866. The topological polar surface area (TPSA) is 38.1 Å². The lowest BCUT2D eigenvalue weighted by Gasteiger charge is -2.30. The van der Waals surface area contributed by atoms with Gasteiger partial charge >= 0.3 is 0 Å². The van der Waals surface area contributed by atoms with Crippen molar-refractivity contribution in [2.45, 2.75) is 53.0 Å². The van der Waals surface area contributed by atoms with Gasteiger partial charge in [-0.2, -0.15) is 0 Å². The summed E-state index contributed by atoms with van der Waals surface area (Å²) in [6.45, 7) is 10.5. The predicted molar refractivity (Wildman–Crippen MR) is 93.5 cm³/mol. The number of aryl methyl sites for hydroxylation is 1. The summed E-state index contributed by atoms with van der Waals surface area (Å²) in [6, 6.07) is 6.65. The molecule has 124 valence electrons. The summed E-state index contributed by atoms with van der Waals surface area (Å²) in [5.41, 5.74) is 3.21. The molecule has 2 aromatic rings. The molecule has 2 heterocycles. The molecule has 0 spiro atoms. The molecule has 1 aliphatic heterocycles. The molecule has 3 rings (SSSR count). The number of amides is 1. The van der Waals surface area contributed by atoms with Crippen LogP contribution in [0.3, 0.4) is 0 Å². The lowest BCUT2D eigenvalue weighted by Crippen LogP contribution is -2.38. The van der Waals surface area contributed by atoms with Crippen molar-refractivity contribution < 1.29 is 4.79 Å². The van der Waals surface area contributed by atoms with Crippen molar-refractivity contribution in [3.8, 4) is 0 Å². The number of aromatic nitrogens is 2. The van der Waals surface area contributed by atoms with Gasteiger partial charge in [-0.1, -0.05) is 13.0 Å². The van der Waals surface area contributed by atoms with Crippen LogP contribution >= 0.6 is 0 Å². The van der Waals surface area contributed by atoms with Crippen LogP contribution in [0.5, 0.6) is 0 Å². The molecular formula is C19H27N3O. The number of nitrogens with zero attached hydrogens (tertiary/aromatic N) is 3. The van der Waals surface area contributed by atoms with Crippen molar-refractivity contribution in [3.63, 3.8) is 0 Å². The Kier molecular flexibility index (Phi) is 4.42. The number of fused-ring (bicyclic) bond motifs is 1. The van der Waals surface area contributed by atoms with Crippen LogP contribution in [0, 0.1) is 12.8 Å². The average molecular weight is 313 g/mol. The molecule has 1 fully saturated rings. The van der Waals surface area contributed by atoms with Crippen molar-refractivity contribution in [3.05, 3.63) is 29.6 Å². The molecular weight excluding hydrogens is 286 g/mol. The van der Waals surface area contributed by atoms with Gasteiger partial charge in [-0.3, -0.25) is 4.79 Å². The fourth-order valence-electron chi connectivity index (χ4n) is 3.57. The summed E-state index contributed by atoms with van der Waals surface area (Å²) in [5, 5.41) is 0. The summed E-state index contributed by atoms with van der Waals surface area (Å²) >= 11 is 0. The van der Waals surface area contributed by atoms with Crippen LogP contribution < -0.4 is 0 Å². The molecule has 4 heteroatoms. The number of hydrogen-bond acceptors (Lipinski definition) is 2. The van der Waals surface area contributed by atoms with E-state index in [0.717, 1.165) is 54.3 Å². The summed E-state index contributed by atoms with van der Waals surface area (Å²) in [7, 11) is 0. The summed E-state index contributed by atoms with van der Waals surface area (Å²) in [6.07, 6.45) is 2.74. The minimum Gasteiger partial charge on any atom is -0.342 e. The normalized spacial score (nSPS) is 16.5. The highest BCUT2D eigenvalue weighted by Crippen LogP contribution is 2.23. The highest BCUT2D eigenvalue weighted by atomic mass is 16.2. The molecule has 0 aliphatic carbocycles. The summed E-state index contributed by atoms with van der Waals surface area (Å²) in [5.74, 6) is 2.03. The largest absolute Gasteiger partial charge is 0.342 e. The summed E-state index contributed by atoms with van der Waals surface area (Å²) in [4.78, 5) is 19.2. The lowest BCUT2D eigenvalue weighted by atomic mass is 9.98. The van der Waals surface area contributed by atoms with E-state index in [0.29, 0.717) is 12.5 Å². The second-order valence-electron chi connectivity index (χ2n) is 7.19. The first-order chi connectivity index (χ1) is 11.0. The van der Waals surface area contributed by atoms with Gasteiger partial charge in [0.1, 0.15) is 5.82 Å². The first-order valence-corrected chi connectivity index (χ1v) is 8.71. The average Bonchev–Trinajstić information content (AvgIpc) is 2.83. The molecule has 1 amide bonds. The number of carbonyl (C=O) groups is 1. The molecule has 0 saturated carbocycles. The number of carbonyl (C=O) groups excluding carboxylic acids is 1. The monoisotopic (exact) mass is 313 g/mol. The Labute approximate surface area is 138 Å². The van der Waals surface area contributed by atoms with Crippen LogP contribution in [0.4, 0.5) is 0 Å².